The van der Waals surface area contributed by atoms with Gasteiger partial charge in [-0.25, -0.2) is 0 Å². The third kappa shape index (κ3) is 3.12. The van der Waals surface area contributed by atoms with E-state index in [1.165, 1.54) is 81.8 Å². The number of benzene rings is 5. The molecule has 2 aliphatic carbocycles. The second-order valence-corrected chi connectivity index (χ2v) is 13.4. The molecule has 0 radical (unpaired) electrons. The first-order valence-corrected chi connectivity index (χ1v) is 16.6. The van der Waals surface area contributed by atoms with E-state index in [0.717, 1.165) is 24.0 Å². The predicted molar refractivity (Wildman–Crippen MR) is 195 cm³/mol. The third-order valence-corrected chi connectivity index (χ3v) is 11.2. The van der Waals surface area contributed by atoms with E-state index in [0.29, 0.717) is 17.4 Å². The number of fused-ring (bicyclic) bond motifs is 12. The van der Waals surface area contributed by atoms with Gasteiger partial charge in [0, 0.05) is 43.1 Å². The number of allylic oxidation sites excluding steroid dienone is 4. The Morgan fingerprint density at radius 2 is 1.33 bits per heavy atom. The topological polar surface area (TPSA) is 56.4 Å². The van der Waals surface area contributed by atoms with E-state index in [1.807, 2.05) is 18.2 Å². The molecule has 0 saturated carbocycles. The van der Waals surface area contributed by atoms with Gasteiger partial charge in [-0.3, -0.25) is 0 Å². The van der Waals surface area contributed by atoms with Crippen molar-refractivity contribution in [1.82, 2.24) is 8.80 Å². The quantitative estimate of drug-likeness (QED) is 0.196. The normalized spacial score (nSPS) is 17.6. The van der Waals surface area contributed by atoms with Crippen LogP contribution in [0.15, 0.2) is 121 Å². The molecule has 4 nitrogen and oxygen atoms in total. The van der Waals surface area contributed by atoms with Crippen LogP contribution in [0, 0.1) is 28.6 Å². The fraction of sp³-hybridized carbons (Fsp3) is 0.0909. The van der Waals surface area contributed by atoms with E-state index in [1.54, 1.807) is 0 Å². The first-order chi connectivity index (χ1) is 23.7. The van der Waals surface area contributed by atoms with Crippen LogP contribution in [0.4, 0.5) is 0 Å². The van der Waals surface area contributed by atoms with Crippen molar-refractivity contribution in [2.24, 2.45) is 5.92 Å². The number of nitrogens with zero attached hydrogens (tertiary/aromatic N) is 4. The van der Waals surface area contributed by atoms with Crippen molar-refractivity contribution in [3.8, 4) is 23.3 Å². The van der Waals surface area contributed by atoms with Gasteiger partial charge in [0.2, 0.25) is 0 Å². The maximum atomic E-state index is 9.45. The van der Waals surface area contributed by atoms with E-state index in [2.05, 4.69) is 124 Å². The molecule has 4 aromatic heterocycles. The predicted octanol–water partition coefficient (Wildman–Crippen LogP) is 9.95. The summed E-state index contributed by atoms with van der Waals surface area (Å²) in [5.74, 6) is 0.721. The van der Waals surface area contributed by atoms with Gasteiger partial charge in [0.25, 0.3) is 0 Å². The highest BCUT2D eigenvalue weighted by molar-refractivity contribution is 6.28. The van der Waals surface area contributed by atoms with Crippen molar-refractivity contribution in [1.29, 1.82) is 10.5 Å². The molecule has 11 rings (SSSR count). The second-order valence-electron chi connectivity index (χ2n) is 13.4. The fourth-order valence-corrected chi connectivity index (χ4v) is 9.17. The Bertz CT molecular complexity index is 3080. The Hall–Kier alpha value is -6.36. The van der Waals surface area contributed by atoms with Crippen LogP contribution >= 0.6 is 0 Å². The van der Waals surface area contributed by atoms with Crippen molar-refractivity contribution in [2.75, 3.05) is 0 Å². The lowest BCUT2D eigenvalue weighted by Crippen LogP contribution is -2.18. The van der Waals surface area contributed by atoms with Gasteiger partial charge >= 0.3 is 0 Å². The molecule has 4 heteroatoms. The molecule has 0 spiro atoms. The highest BCUT2D eigenvalue weighted by Gasteiger charge is 2.32. The van der Waals surface area contributed by atoms with Crippen molar-refractivity contribution in [3.63, 3.8) is 0 Å². The number of para-hydroxylation sites is 2. The van der Waals surface area contributed by atoms with Crippen molar-refractivity contribution in [3.05, 3.63) is 137 Å². The summed E-state index contributed by atoms with van der Waals surface area (Å²) in [6.07, 6.45) is 10.7. The summed E-state index contributed by atoms with van der Waals surface area (Å²) in [6.45, 7) is 0. The monoisotopic (exact) mass is 610 g/mol. The highest BCUT2D eigenvalue weighted by atomic mass is 14.9. The van der Waals surface area contributed by atoms with E-state index < -0.39 is 0 Å². The molecule has 0 fully saturated rings. The molecule has 4 heterocycles. The van der Waals surface area contributed by atoms with E-state index in [4.69, 9.17) is 0 Å². The molecule has 0 saturated heterocycles. The standard InChI is InChI=1S/C44H26N4/c45-23-25-9-13-27(14-10-25)29-17-19-31-35-22-40-36(21-39(35)47-37-7-3-1-5-33(37)41(29)43(31)47)32-20-18-30(28-15-11-26(24-46)12-16-28)42-34-6-2-4-8-38(34)48(40)44(32)42/h1-15,17,19-22,28,30H,16,18H2. The smallest absolute Gasteiger partial charge is 0.0991 e. The minimum absolute atomic E-state index is 0.359. The van der Waals surface area contributed by atoms with Crippen molar-refractivity contribution < 1.29 is 0 Å². The van der Waals surface area contributed by atoms with Crippen LogP contribution < -0.4 is 5.22 Å². The molecule has 0 N–H and O–H groups in total. The molecular weight excluding hydrogens is 585 g/mol. The van der Waals surface area contributed by atoms with E-state index >= 15 is 0 Å². The van der Waals surface area contributed by atoms with Crippen LogP contribution in [0.2, 0.25) is 0 Å². The second kappa shape index (κ2) is 9.13. The molecule has 48 heavy (non-hydrogen) atoms. The minimum atomic E-state index is 0.359. The average molecular weight is 611 g/mol. The number of nitriles is 2. The van der Waals surface area contributed by atoms with Crippen molar-refractivity contribution >= 4 is 71.5 Å². The van der Waals surface area contributed by atoms with Gasteiger partial charge in [0.05, 0.1) is 50.8 Å². The maximum absolute atomic E-state index is 9.45. The van der Waals surface area contributed by atoms with Crippen LogP contribution in [-0.4, -0.2) is 8.80 Å². The molecule has 2 unspecified atom stereocenters. The van der Waals surface area contributed by atoms with Gasteiger partial charge in [0.15, 0.2) is 0 Å². The Labute approximate surface area is 275 Å². The first kappa shape index (κ1) is 25.8. The van der Waals surface area contributed by atoms with Crippen LogP contribution in [0.3, 0.4) is 0 Å². The van der Waals surface area contributed by atoms with Gasteiger partial charge < -0.3 is 8.80 Å². The highest BCUT2D eigenvalue weighted by Crippen LogP contribution is 2.47. The number of aromatic nitrogens is 2. The molecular formula is C44H26N4. The minimum Gasteiger partial charge on any atom is -0.308 e. The van der Waals surface area contributed by atoms with Crippen LogP contribution in [0.25, 0.3) is 82.6 Å². The number of rotatable bonds is 2. The molecule has 0 amide bonds. The Balaban J connectivity index is 1.24. The Morgan fingerprint density at radius 1 is 0.604 bits per heavy atom. The average Bonchev–Trinajstić information content (AvgIpc) is 3.87. The summed E-state index contributed by atoms with van der Waals surface area (Å²) in [4.78, 5) is 0. The molecule has 222 valence electrons. The Kier molecular flexibility index (Phi) is 4.90. The Morgan fingerprint density at radius 3 is 2.10 bits per heavy atom. The van der Waals surface area contributed by atoms with Gasteiger partial charge in [0.1, 0.15) is 0 Å². The van der Waals surface area contributed by atoms with Gasteiger partial charge in [-0.05, 0) is 83.8 Å². The number of hydrogen-bond donors (Lipinski definition) is 0. The summed E-state index contributed by atoms with van der Waals surface area (Å²) in [5.41, 5.74) is 12.7. The van der Waals surface area contributed by atoms with Crippen LogP contribution in [0.1, 0.15) is 29.9 Å². The van der Waals surface area contributed by atoms with E-state index in [9.17, 15) is 10.5 Å². The lowest BCUT2D eigenvalue weighted by molar-refractivity contribution is 0.522. The molecule has 5 aromatic carbocycles. The maximum Gasteiger partial charge on any atom is 0.0991 e. The van der Waals surface area contributed by atoms with Crippen molar-refractivity contribution in [2.45, 2.75) is 18.8 Å². The summed E-state index contributed by atoms with van der Waals surface area (Å²) < 4.78 is 5.00. The largest absolute Gasteiger partial charge is 0.308 e. The molecule has 0 aliphatic heterocycles. The zero-order valence-electron chi connectivity index (χ0n) is 25.9. The van der Waals surface area contributed by atoms with Gasteiger partial charge in [-0.2, -0.15) is 10.5 Å². The van der Waals surface area contributed by atoms with E-state index in [-0.39, 0.29) is 0 Å². The van der Waals surface area contributed by atoms with Gasteiger partial charge in [-0.15, -0.1) is 0 Å². The summed E-state index contributed by atoms with van der Waals surface area (Å²) in [6, 6.07) is 39.6. The van der Waals surface area contributed by atoms with Gasteiger partial charge in [-0.1, -0.05) is 78.9 Å². The molecule has 9 aromatic rings. The summed E-state index contributed by atoms with van der Waals surface area (Å²) in [7, 11) is 0. The summed E-state index contributed by atoms with van der Waals surface area (Å²) >= 11 is 0. The lowest BCUT2D eigenvalue weighted by Gasteiger charge is -2.27. The summed E-state index contributed by atoms with van der Waals surface area (Å²) in [5, 5.41) is 27.8. The van der Waals surface area contributed by atoms with Crippen LogP contribution in [0.5, 0.6) is 0 Å². The number of hydrogen-bond acceptors (Lipinski definition) is 2. The fourth-order valence-electron chi connectivity index (χ4n) is 9.17. The first-order valence-electron chi connectivity index (χ1n) is 16.6. The SMILES string of the molecule is N#CC1=CCC(C2CC=c3c4cc5c(cc4n4c3c2c2ccccc24)c2ccc(-c3ccc(C#N)cc3)c3c4ccccc4n5c23)C=C1. The molecule has 0 bridgehead atoms. The van der Waals surface area contributed by atoms with Crippen LogP contribution in [-0.2, 0) is 0 Å². The lowest BCUT2D eigenvalue weighted by atomic mass is 9.76. The third-order valence-electron chi connectivity index (χ3n) is 11.2. The zero-order chi connectivity index (χ0) is 31.7. The molecule has 2 aliphatic rings. The molecule has 2 atom stereocenters. The zero-order valence-corrected chi connectivity index (χ0v) is 25.9.